The van der Waals surface area contributed by atoms with E-state index in [0.717, 1.165) is 0 Å². The van der Waals surface area contributed by atoms with Crippen LogP contribution in [0.5, 0.6) is 0 Å². The van der Waals surface area contributed by atoms with Gasteiger partial charge in [-0.05, 0) is 5.16 Å². The molecule has 0 amide bonds. The van der Waals surface area contributed by atoms with Gasteiger partial charge in [0.25, 0.3) is 0 Å². The zero-order valence-corrected chi connectivity index (χ0v) is 7.35. The van der Waals surface area contributed by atoms with Crippen molar-refractivity contribution >= 4 is 26.2 Å². The fourth-order valence-corrected chi connectivity index (χ4v) is 0. The molecule has 0 heterocycles. The Balaban J connectivity index is 0. The highest BCUT2D eigenvalue weighted by molar-refractivity contribution is 8.93. The highest BCUT2D eigenvalue weighted by atomic mass is 79.9. The fraction of sp³-hybridized carbons (Fsp3) is 1.00. The van der Waals surface area contributed by atoms with E-state index in [0.29, 0.717) is 5.16 Å². The molecule has 6 heavy (non-hydrogen) atoms. The number of hydrogen-bond donors (Lipinski definition) is 0. The van der Waals surface area contributed by atoms with Crippen molar-refractivity contribution in [1.82, 2.24) is 0 Å². The summed E-state index contributed by atoms with van der Waals surface area (Å²) in [6, 6.07) is 0. The average Bonchev–Trinajstić information content (AvgIpc) is 0.722. The third kappa shape index (κ3) is 90.6. The summed E-state index contributed by atoms with van der Waals surface area (Å²) >= 11 is 0. The van der Waals surface area contributed by atoms with Gasteiger partial charge in [-0.15, -0.1) is 26.2 Å². The quantitative estimate of drug-likeness (QED) is 0.490. The molecule has 0 rings (SSSR count). The molecular weight excluding hydrogens is 159 g/mol. The van der Waals surface area contributed by atoms with E-state index in [1.165, 1.54) is 0 Å². The van der Waals surface area contributed by atoms with E-state index in [1.807, 2.05) is 0 Å². The lowest BCUT2D eigenvalue weighted by molar-refractivity contribution is 0.804. The average molecular weight is 171 g/mol. The summed E-state index contributed by atoms with van der Waals surface area (Å²) in [5.74, 6) is 0. The van der Waals surface area contributed by atoms with Crippen LogP contribution in [0.2, 0.25) is 0 Å². The van der Waals surface area contributed by atoms with Crippen molar-refractivity contribution in [2.45, 2.75) is 25.9 Å². The Hall–Kier alpha value is 0.910. The lowest BCUT2D eigenvalue weighted by Crippen LogP contribution is -1.97. The number of rotatable bonds is 0. The topological polar surface area (TPSA) is 0 Å². The Labute approximate surface area is 52.7 Å². The molecule has 1 atom stereocenters. The van der Waals surface area contributed by atoms with Crippen molar-refractivity contribution in [1.29, 1.82) is 0 Å². The van der Waals surface area contributed by atoms with Crippen molar-refractivity contribution < 1.29 is 0 Å². The zero-order valence-electron chi connectivity index (χ0n) is 4.49. The highest BCUT2D eigenvalue weighted by Crippen LogP contribution is 2.12. The summed E-state index contributed by atoms with van der Waals surface area (Å²) < 4.78 is 0. The molecule has 1 unspecified atom stereocenters. The summed E-state index contributed by atoms with van der Waals surface area (Å²) in [6.45, 7) is 6.45. The second-order valence-corrected chi connectivity index (χ2v) is 4.10. The van der Waals surface area contributed by atoms with Crippen LogP contribution < -0.4 is 0 Å². The van der Waals surface area contributed by atoms with E-state index in [-0.39, 0.29) is 17.0 Å². The van der Waals surface area contributed by atoms with Crippen LogP contribution >= 0.6 is 26.2 Å². The van der Waals surface area contributed by atoms with Crippen molar-refractivity contribution in [3.63, 3.8) is 0 Å². The first-order valence-electron chi connectivity index (χ1n) is 1.79. The molecule has 0 aliphatic carbocycles. The Kier molecular flexibility index (Phi) is 4.98. The Morgan fingerprint density at radius 3 is 1.17 bits per heavy atom. The molecule has 0 aromatic carbocycles. The molecule has 0 aliphatic rings. The molecule has 0 nitrogen and oxygen atoms in total. The third-order valence-electron chi connectivity index (χ3n) is 0. The first-order valence-corrected chi connectivity index (χ1v) is 2.37. The lowest BCUT2D eigenvalue weighted by Gasteiger charge is -2.05. The van der Waals surface area contributed by atoms with E-state index in [2.05, 4.69) is 30.0 Å². The second-order valence-electron chi connectivity index (χ2n) is 2.37. The second kappa shape index (κ2) is 2.98. The maximum absolute atomic E-state index is 2.72. The summed E-state index contributed by atoms with van der Waals surface area (Å²) in [6.07, 6.45) is 0. The summed E-state index contributed by atoms with van der Waals surface area (Å²) in [5.41, 5.74) is 0. The van der Waals surface area contributed by atoms with Gasteiger partial charge in [0.1, 0.15) is 0 Å². The molecule has 2 heteroatoms. The van der Waals surface area contributed by atoms with Gasteiger partial charge < -0.3 is 0 Å². The minimum absolute atomic E-state index is 0. The van der Waals surface area contributed by atoms with Crippen LogP contribution in [0.25, 0.3) is 0 Å². The van der Waals surface area contributed by atoms with Crippen molar-refractivity contribution in [2.75, 3.05) is 0 Å². The van der Waals surface area contributed by atoms with Gasteiger partial charge in [-0.3, -0.25) is 0 Å². The van der Waals surface area contributed by atoms with E-state index < -0.39 is 0 Å². The zero-order chi connectivity index (χ0) is 4.50. The van der Waals surface area contributed by atoms with Gasteiger partial charge in [0.05, 0.1) is 0 Å². The van der Waals surface area contributed by atoms with Crippen LogP contribution in [0.3, 0.4) is 0 Å². The minimum atomic E-state index is 0. The van der Waals surface area contributed by atoms with Crippen molar-refractivity contribution in [2.24, 2.45) is 0 Å². The Bertz CT molecular complexity index is 23.0. The van der Waals surface area contributed by atoms with E-state index in [9.17, 15) is 0 Å². The molecule has 0 aliphatic heterocycles. The minimum Gasteiger partial charge on any atom is -0.132 e. The van der Waals surface area contributed by atoms with Gasteiger partial charge in [0.2, 0.25) is 0 Å². The van der Waals surface area contributed by atoms with Gasteiger partial charge in [0.15, 0.2) is 0 Å². The molecule has 0 spiro atoms. The van der Waals surface area contributed by atoms with Gasteiger partial charge in [0, 0.05) is 0 Å². The molecule has 0 radical (unpaired) electrons. The maximum atomic E-state index is 2.72. The molecule has 40 valence electrons. The molecule has 0 saturated heterocycles. The summed E-state index contributed by atoms with van der Waals surface area (Å²) in [4.78, 5) is 0. The van der Waals surface area contributed by atoms with Gasteiger partial charge in [-0.25, -0.2) is 0 Å². The third-order valence-corrected chi connectivity index (χ3v) is 0. The fourth-order valence-electron chi connectivity index (χ4n) is 0. The van der Waals surface area contributed by atoms with Crippen LogP contribution in [0.15, 0.2) is 0 Å². The lowest BCUT2D eigenvalue weighted by atomic mass is 10.3. The molecule has 0 aromatic heterocycles. The number of halogens is 1. The molecule has 0 N–H and O–H groups in total. The predicted molar refractivity (Wildman–Crippen MR) is 39.8 cm³/mol. The summed E-state index contributed by atoms with van der Waals surface area (Å²) in [7, 11) is 2.72. The summed E-state index contributed by atoms with van der Waals surface area (Å²) in [5, 5.41) is 0.417. The van der Waals surface area contributed by atoms with Crippen LogP contribution in [0.4, 0.5) is 0 Å². The molecular formula is C4H12BrP. The highest BCUT2D eigenvalue weighted by Gasteiger charge is 1.95. The monoisotopic (exact) mass is 170 g/mol. The van der Waals surface area contributed by atoms with Gasteiger partial charge in [-0.2, -0.15) is 0 Å². The standard InChI is InChI=1S/C4H11P.BrH/c1-4(2,3)5;/h5H2,1-3H3;1H. The molecule has 0 saturated carbocycles. The predicted octanol–water partition coefficient (Wildman–Crippen LogP) is 2.24. The van der Waals surface area contributed by atoms with Gasteiger partial charge >= 0.3 is 0 Å². The first-order chi connectivity index (χ1) is 2.00. The normalized spacial score (nSPS) is 10.0. The van der Waals surface area contributed by atoms with Crippen LogP contribution in [-0.4, -0.2) is 5.16 Å². The van der Waals surface area contributed by atoms with Crippen molar-refractivity contribution in [3.05, 3.63) is 0 Å². The maximum Gasteiger partial charge on any atom is -0.0235 e. The van der Waals surface area contributed by atoms with Crippen LogP contribution in [-0.2, 0) is 0 Å². The van der Waals surface area contributed by atoms with E-state index in [1.54, 1.807) is 0 Å². The smallest absolute Gasteiger partial charge is 0.0235 e. The Morgan fingerprint density at radius 2 is 1.17 bits per heavy atom. The first kappa shape index (κ1) is 10.0. The van der Waals surface area contributed by atoms with E-state index in [4.69, 9.17) is 0 Å². The van der Waals surface area contributed by atoms with E-state index >= 15 is 0 Å². The van der Waals surface area contributed by atoms with Gasteiger partial charge in [-0.1, -0.05) is 20.8 Å². The molecule has 0 bridgehead atoms. The molecule has 0 aromatic rings. The van der Waals surface area contributed by atoms with Crippen LogP contribution in [0.1, 0.15) is 20.8 Å². The largest absolute Gasteiger partial charge is 0.132 e. The molecule has 0 fully saturated rings. The Morgan fingerprint density at radius 1 is 1.17 bits per heavy atom. The number of hydrogen-bond acceptors (Lipinski definition) is 0. The SMILES string of the molecule is Br.CC(C)(C)P. The van der Waals surface area contributed by atoms with Crippen molar-refractivity contribution in [3.8, 4) is 0 Å². The van der Waals surface area contributed by atoms with Crippen LogP contribution in [0, 0.1) is 0 Å².